The summed E-state index contributed by atoms with van der Waals surface area (Å²) in [4.78, 5) is 37.6. The monoisotopic (exact) mass is 483 g/mol. The van der Waals surface area contributed by atoms with Crippen molar-refractivity contribution < 1.29 is 23.9 Å². The van der Waals surface area contributed by atoms with Gasteiger partial charge in [0.1, 0.15) is 17.6 Å². The number of hydrogen-bond acceptors (Lipinski definition) is 4. The molecule has 34 heavy (non-hydrogen) atoms. The van der Waals surface area contributed by atoms with Gasteiger partial charge < -0.3 is 20.3 Å². The molecule has 1 aliphatic carbocycles. The predicted octanol–water partition coefficient (Wildman–Crippen LogP) is 3.40. The number of carboxylic acids is 1. The molecule has 1 aromatic carbocycles. The number of halogens is 1. The lowest BCUT2D eigenvalue weighted by Gasteiger charge is -2.19. The molecule has 0 bridgehead atoms. The van der Waals surface area contributed by atoms with Crippen molar-refractivity contribution in [3.05, 3.63) is 83.5 Å². The number of aromatic nitrogens is 1. The van der Waals surface area contributed by atoms with Gasteiger partial charge in [-0.15, -0.1) is 0 Å². The summed E-state index contributed by atoms with van der Waals surface area (Å²) in [6.45, 7) is 0.657. The van der Waals surface area contributed by atoms with E-state index in [1.807, 2.05) is 18.2 Å². The van der Waals surface area contributed by atoms with Crippen molar-refractivity contribution in [3.8, 4) is 0 Å². The van der Waals surface area contributed by atoms with Crippen molar-refractivity contribution in [2.75, 3.05) is 6.54 Å². The first-order chi connectivity index (χ1) is 16.3. The molecule has 0 unspecified atom stereocenters. The molecule has 3 rings (SSSR count). The maximum atomic E-state index is 13.2. The van der Waals surface area contributed by atoms with Crippen molar-refractivity contribution in [2.45, 2.75) is 38.3 Å². The standard InChI is InChI=1S/C25H26FN3O4S/c26-19-9-7-17(8-10-19)16-29-15-3-5-21(29)25(33)28-20(11-12-23(30)31)24(32)27-14-13-18-4-1-2-6-22(18)34/h1-5,7-10,15,20H,6,11-14,16H2,(H,27,32)(H,28,33)(H,30,31)/t20-/m0/s1. The molecule has 0 aliphatic heterocycles. The number of allylic oxidation sites excluding steroid dienone is 3. The number of benzene rings is 1. The van der Waals surface area contributed by atoms with Crippen molar-refractivity contribution >= 4 is 34.9 Å². The summed E-state index contributed by atoms with van der Waals surface area (Å²) in [5, 5.41) is 14.5. The second-order valence-electron chi connectivity index (χ2n) is 7.89. The van der Waals surface area contributed by atoms with Crippen molar-refractivity contribution in [3.63, 3.8) is 0 Å². The maximum Gasteiger partial charge on any atom is 0.303 e. The van der Waals surface area contributed by atoms with Gasteiger partial charge >= 0.3 is 5.97 Å². The first-order valence-corrected chi connectivity index (χ1v) is 11.3. The topological polar surface area (TPSA) is 100 Å². The van der Waals surface area contributed by atoms with Crippen LogP contribution in [-0.4, -0.2) is 44.9 Å². The molecule has 7 nitrogen and oxygen atoms in total. The third kappa shape index (κ3) is 7.21. The summed E-state index contributed by atoms with van der Waals surface area (Å²) in [5.41, 5.74) is 2.08. The summed E-state index contributed by atoms with van der Waals surface area (Å²) in [6.07, 6.45) is 8.44. The van der Waals surface area contributed by atoms with Crippen LogP contribution in [0.15, 0.2) is 66.4 Å². The number of rotatable bonds is 11. The van der Waals surface area contributed by atoms with Gasteiger partial charge in [-0.1, -0.05) is 42.6 Å². The lowest BCUT2D eigenvalue weighted by atomic mass is 10.0. The van der Waals surface area contributed by atoms with Crippen LogP contribution >= 0.6 is 12.2 Å². The lowest BCUT2D eigenvalue weighted by molar-refractivity contribution is -0.137. The average molecular weight is 484 g/mol. The fourth-order valence-corrected chi connectivity index (χ4v) is 3.83. The van der Waals surface area contributed by atoms with E-state index < -0.39 is 23.8 Å². The number of carboxylic acid groups (broad SMARTS) is 1. The number of hydrogen-bond donors (Lipinski definition) is 3. The Morgan fingerprint density at radius 2 is 1.94 bits per heavy atom. The van der Waals surface area contributed by atoms with Gasteiger partial charge in [0.2, 0.25) is 5.91 Å². The minimum atomic E-state index is -1.06. The van der Waals surface area contributed by atoms with E-state index in [4.69, 9.17) is 17.3 Å². The molecule has 1 aliphatic rings. The van der Waals surface area contributed by atoms with Crippen LogP contribution in [0, 0.1) is 5.82 Å². The van der Waals surface area contributed by atoms with E-state index in [1.54, 1.807) is 35.0 Å². The highest BCUT2D eigenvalue weighted by atomic mass is 32.1. The largest absolute Gasteiger partial charge is 0.481 e. The van der Waals surface area contributed by atoms with E-state index in [0.29, 0.717) is 31.6 Å². The molecule has 1 aromatic heterocycles. The second kappa shape index (κ2) is 12.0. The Labute approximate surface area is 202 Å². The van der Waals surface area contributed by atoms with E-state index in [1.165, 1.54) is 12.1 Å². The highest BCUT2D eigenvalue weighted by Gasteiger charge is 2.23. The third-order valence-electron chi connectivity index (χ3n) is 5.39. The zero-order valence-corrected chi connectivity index (χ0v) is 19.3. The first-order valence-electron chi connectivity index (χ1n) is 10.9. The first kappa shape index (κ1) is 25.0. The van der Waals surface area contributed by atoms with Crippen LogP contribution in [-0.2, 0) is 16.1 Å². The molecule has 1 atom stereocenters. The smallest absolute Gasteiger partial charge is 0.303 e. The quantitative estimate of drug-likeness (QED) is 0.426. The van der Waals surface area contributed by atoms with Gasteiger partial charge in [-0.05, 0) is 48.2 Å². The second-order valence-corrected chi connectivity index (χ2v) is 8.39. The van der Waals surface area contributed by atoms with Crippen LogP contribution in [0.2, 0.25) is 0 Å². The Morgan fingerprint density at radius 3 is 2.65 bits per heavy atom. The fraction of sp³-hybridized carbons (Fsp3) is 0.280. The summed E-state index contributed by atoms with van der Waals surface area (Å²) in [7, 11) is 0. The minimum absolute atomic E-state index is 0.0462. The summed E-state index contributed by atoms with van der Waals surface area (Å²) >= 11 is 5.32. The highest BCUT2D eigenvalue weighted by Crippen LogP contribution is 2.13. The molecule has 2 amide bonds. The van der Waals surface area contributed by atoms with Gasteiger partial charge in [0.25, 0.3) is 5.91 Å². The average Bonchev–Trinajstić information content (AvgIpc) is 3.27. The van der Waals surface area contributed by atoms with Crippen LogP contribution in [0.1, 0.15) is 41.7 Å². The van der Waals surface area contributed by atoms with Crippen LogP contribution in [0.25, 0.3) is 0 Å². The Balaban J connectivity index is 1.63. The molecular weight excluding hydrogens is 457 g/mol. The van der Waals surface area contributed by atoms with Crippen LogP contribution in [0.3, 0.4) is 0 Å². The summed E-state index contributed by atoms with van der Waals surface area (Å²) in [6, 6.07) is 8.24. The predicted molar refractivity (Wildman–Crippen MR) is 130 cm³/mol. The van der Waals surface area contributed by atoms with E-state index >= 15 is 0 Å². The minimum Gasteiger partial charge on any atom is -0.481 e. The SMILES string of the molecule is O=C(O)CC[C@H](NC(=O)c1cccn1Cc1ccc(F)cc1)C(=O)NCCC1=CC=CCC1=S. The molecule has 0 saturated carbocycles. The Kier molecular flexibility index (Phi) is 8.86. The van der Waals surface area contributed by atoms with Crippen LogP contribution in [0.5, 0.6) is 0 Å². The molecule has 178 valence electrons. The molecule has 1 heterocycles. The molecule has 0 saturated heterocycles. The number of carbonyl (C=O) groups excluding carboxylic acids is 2. The van der Waals surface area contributed by atoms with Gasteiger partial charge in [-0.25, -0.2) is 4.39 Å². The van der Waals surface area contributed by atoms with Crippen LogP contribution < -0.4 is 10.6 Å². The molecule has 2 aromatic rings. The molecule has 9 heteroatoms. The van der Waals surface area contributed by atoms with Gasteiger partial charge in [0, 0.05) is 37.0 Å². The van der Waals surface area contributed by atoms with Crippen molar-refractivity contribution in [2.24, 2.45) is 0 Å². The van der Waals surface area contributed by atoms with Crippen molar-refractivity contribution in [1.82, 2.24) is 15.2 Å². The Hall–Kier alpha value is -3.59. The number of thiocarbonyl (C=S) groups is 1. The Bertz CT molecular complexity index is 1120. The fourth-order valence-electron chi connectivity index (χ4n) is 3.56. The number of nitrogens with zero attached hydrogens (tertiary/aromatic N) is 1. The molecule has 3 N–H and O–H groups in total. The summed E-state index contributed by atoms with van der Waals surface area (Å²) < 4.78 is 14.9. The van der Waals surface area contributed by atoms with E-state index in [0.717, 1.165) is 16.0 Å². The molecule has 0 spiro atoms. The maximum absolute atomic E-state index is 13.2. The van der Waals surface area contributed by atoms with E-state index in [2.05, 4.69) is 10.6 Å². The van der Waals surface area contributed by atoms with Gasteiger partial charge in [-0.2, -0.15) is 0 Å². The zero-order chi connectivity index (χ0) is 24.5. The molecule has 0 fully saturated rings. The van der Waals surface area contributed by atoms with E-state index in [-0.39, 0.29) is 18.7 Å². The third-order valence-corrected chi connectivity index (χ3v) is 5.81. The number of amides is 2. The lowest BCUT2D eigenvalue weighted by Crippen LogP contribution is -2.47. The van der Waals surface area contributed by atoms with Gasteiger partial charge in [0.05, 0.1) is 0 Å². The van der Waals surface area contributed by atoms with Gasteiger partial charge in [0.15, 0.2) is 0 Å². The number of carbonyl (C=O) groups is 3. The van der Waals surface area contributed by atoms with Crippen LogP contribution in [0.4, 0.5) is 4.39 Å². The number of aliphatic carboxylic acids is 1. The van der Waals surface area contributed by atoms with Crippen molar-refractivity contribution in [1.29, 1.82) is 0 Å². The highest BCUT2D eigenvalue weighted by molar-refractivity contribution is 7.80. The molecule has 0 radical (unpaired) electrons. The van der Waals surface area contributed by atoms with Gasteiger partial charge in [-0.3, -0.25) is 14.4 Å². The summed E-state index contributed by atoms with van der Waals surface area (Å²) in [5.74, 6) is -2.36. The Morgan fingerprint density at radius 1 is 1.18 bits per heavy atom. The molecular formula is C25H26FN3O4S. The van der Waals surface area contributed by atoms with E-state index in [9.17, 15) is 18.8 Å². The number of nitrogens with one attached hydrogen (secondary N) is 2. The zero-order valence-electron chi connectivity index (χ0n) is 18.5. The normalized spacial score (nSPS) is 13.8.